The van der Waals surface area contributed by atoms with Gasteiger partial charge in [-0.3, -0.25) is 19.0 Å². The molecule has 9 nitrogen and oxygen atoms in total. The van der Waals surface area contributed by atoms with Crippen LogP contribution in [0.1, 0.15) is 91.0 Å². The molecule has 5 aromatic rings. The fourth-order valence-electron chi connectivity index (χ4n) is 8.09. The number of carbonyl (C=O) groups is 2. The zero-order chi connectivity index (χ0) is 41.5. The van der Waals surface area contributed by atoms with Gasteiger partial charge in [-0.15, -0.1) is 0 Å². The molecule has 2 fully saturated rings. The predicted octanol–water partition coefficient (Wildman–Crippen LogP) is 7.27. The van der Waals surface area contributed by atoms with Gasteiger partial charge in [-0.1, -0.05) is 24.1 Å². The van der Waals surface area contributed by atoms with E-state index in [9.17, 15) is 36.6 Å². The van der Waals surface area contributed by atoms with E-state index in [0.29, 0.717) is 38.5 Å². The number of carbonyl (C=O) groups excluding carboxylic acids is 2. The number of halogens is 7. The van der Waals surface area contributed by atoms with Crippen molar-refractivity contribution in [3.05, 3.63) is 99.8 Å². The van der Waals surface area contributed by atoms with E-state index in [4.69, 9.17) is 4.98 Å². The van der Waals surface area contributed by atoms with Crippen molar-refractivity contribution in [1.82, 2.24) is 29.9 Å². The van der Waals surface area contributed by atoms with Gasteiger partial charge in [0.15, 0.2) is 11.5 Å². The number of fused-ring (bicyclic) bond motifs is 4. The average molecular weight is 807 g/mol. The smallest absolute Gasteiger partial charge is 0.378 e. The first-order chi connectivity index (χ1) is 27.3. The number of aliphatic hydroxyl groups is 1. The molecular formula is C42H37F7N6O3. The molecule has 2 saturated carbocycles. The molecule has 0 radical (unpaired) electrons. The minimum Gasteiger partial charge on any atom is -0.378 e. The summed E-state index contributed by atoms with van der Waals surface area (Å²) in [7, 11) is 1.69. The highest BCUT2D eigenvalue weighted by molar-refractivity contribution is 5.98. The number of alkyl halides is 5. The number of nitrogens with zero attached hydrogens (tertiary/aromatic N) is 5. The number of hydrogen-bond donors (Lipinski definition) is 2. The first-order valence-electron chi connectivity index (χ1n) is 18.8. The van der Waals surface area contributed by atoms with Crippen molar-refractivity contribution in [2.45, 2.75) is 94.5 Å². The number of para-hydroxylation sites is 1. The lowest BCUT2D eigenvalue weighted by molar-refractivity contribution is -0.142. The van der Waals surface area contributed by atoms with E-state index in [1.54, 1.807) is 42.1 Å². The third-order valence-corrected chi connectivity index (χ3v) is 10.7. The maximum atomic E-state index is 15.4. The molecule has 0 bridgehead atoms. The van der Waals surface area contributed by atoms with Crippen LogP contribution in [-0.2, 0) is 48.1 Å². The second kappa shape index (κ2) is 14.1. The molecule has 16 heteroatoms. The van der Waals surface area contributed by atoms with Crippen LogP contribution in [0.3, 0.4) is 0 Å². The monoisotopic (exact) mass is 806 g/mol. The van der Waals surface area contributed by atoms with E-state index in [2.05, 4.69) is 27.4 Å². The van der Waals surface area contributed by atoms with Crippen LogP contribution in [0, 0.1) is 29.4 Å². The van der Waals surface area contributed by atoms with Crippen molar-refractivity contribution in [2.24, 2.45) is 13.0 Å². The van der Waals surface area contributed by atoms with Gasteiger partial charge in [0.1, 0.15) is 35.2 Å². The largest absolute Gasteiger partial charge is 0.435 e. The first kappa shape index (κ1) is 39.3. The molecule has 0 saturated heterocycles. The highest BCUT2D eigenvalue weighted by Crippen LogP contribution is 2.68. The quantitative estimate of drug-likeness (QED) is 0.107. The molecule has 0 unspecified atom stereocenters. The van der Waals surface area contributed by atoms with Crippen LogP contribution in [0.15, 0.2) is 48.5 Å². The van der Waals surface area contributed by atoms with E-state index in [-0.39, 0.29) is 48.2 Å². The number of rotatable bonds is 11. The minimum atomic E-state index is -5.03. The Bertz CT molecular complexity index is 2540. The molecule has 3 aromatic heterocycles. The number of ketones is 1. The third-order valence-electron chi connectivity index (χ3n) is 10.7. The number of Topliss-reactive ketones (excluding diaryl/α,β-unsaturated/α-hetero) is 1. The molecule has 0 aliphatic heterocycles. The standard InChI is InChI=1S/C42H37F7N6O3/c1-40(2,58)12-11-26-9-10-28(29-5-4-6-30-33(52-54(3)37(29)30)19-34(57)50-25-7-8-25)36(51-26)22(13-21-14-23(43)17-24(44)15-21)16-27(56)20-55-39-35(38(53-55)42(47,48)49)31-18-32(31)41(39,45)46/h4-6,9-10,14-15,17,22,25,31-32,58H,7-8,13,16,18-20H2,1-3H3,(H,50,57)/t22-,31+,32-/m1/s1. The molecule has 3 aliphatic carbocycles. The van der Waals surface area contributed by atoms with Crippen molar-refractivity contribution >= 4 is 22.6 Å². The Morgan fingerprint density at radius 3 is 2.43 bits per heavy atom. The Hall–Kier alpha value is -5.56. The Morgan fingerprint density at radius 1 is 1.03 bits per heavy atom. The Kier molecular flexibility index (Phi) is 9.53. The van der Waals surface area contributed by atoms with Gasteiger partial charge in [0.25, 0.3) is 5.92 Å². The lowest BCUT2D eigenvalue weighted by Crippen LogP contribution is -2.27. The molecule has 8 rings (SSSR count). The van der Waals surface area contributed by atoms with E-state index >= 15 is 8.78 Å². The maximum Gasteiger partial charge on any atom is 0.435 e. The lowest BCUT2D eigenvalue weighted by Gasteiger charge is -2.21. The van der Waals surface area contributed by atoms with E-state index in [0.717, 1.165) is 25.0 Å². The fourth-order valence-corrected chi connectivity index (χ4v) is 8.09. The molecule has 1 amide bonds. The lowest BCUT2D eigenvalue weighted by atomic mass is 9.86. The highest BCUT2D eigenvalue weighted by atomic mass is 19.4. The van der Waals surface area contributed by atoms with Gasteiger partial charge in [-0.05, 0) is 81.2 Å². The highest BCUT2D eigenvalue weighted by Gasteiger charge is 2.68. The van der Waals surface area contributed by atoms with Gasteiger partial charge in [-0.2, -0.15) is 32.1 Å². The maximum absolute atomic E-state index is 15.4. The molecule has 3 heterocycles. The van der Waals surface area contributed by atoms with Gasteiger partial charge >= 0.3 is 6.18 Å². The summed E-state index contributed by atoms with van der Waals surface area (Å²) in [6, 6.07) is 11.5. The summed E-state index contributed by atoms with van der Waals surface area (Å²) in [6.45, 7) is 1.99. The van der Waals surface area contributed by atoms with Gasteiger partial charge in [0.05, 0.1) is 23.3 Å². The summed E-state index contributed by atoms with van der Waals surface area (Å²) in [5.41, 5.74) is -1.86. The number of benzene rings is 2. The normalized spacial score (nSPS) is 18.7. The zero-order valence-electron chi connectivity index (χ0n) is 31.5. The van der Waals surface area contributed by atoms with Gasteiger partial charge < -0.3 is 10.4 Å². The van der Waals surface area contributed by atoms with Crippen LogP contribution in [0.2, 0.25) is 0 Å². The molecule has 2 N–H and O–H groups in total. The molecule has 302 valence electrons. The van der Waals surface area contributed by atoms with Crippen LogP contribution in [0.5, 0.6) is 0 Å². The molecule has 3 atom stereocenters. The van der Waals surface area contributed by atoms with Gasteiger partial charge in [0, 0.05) is 59.5 Å². The van der Waals surface area contributed by atoms with Crippen LogP contribution in [0.4, 0.5) is 30.7 Å². The van der Waals surface area contributed by atoms with E-state index in [1.165, 1.54) is 13.8 Å². The summed E-state index contributed by atoms with van der Waals surface area (Å²) >= 11 is 0. The number of nitrogens with one attached hydrogen (secondary N) is 1. The van der Waals surface area contributed by atoms with Gasteiger partial charge in [-0.25, -0.2) is 13.8 Å². The number of hydrogen-bond acceptors (Lipinski definition) is 6. The SMILES string of the molecule is Cn1nc(CC(=O)NC2CC2)c2cccc(-c3ccc(C#CC(C)(C)O)nc3[C@@H](CC(=O)Cn3nc(C(F)(F)F)c4c3C(F)(F)[C@@H]3C[C@H]43)Cc3cc(F)cc(F)c3)c21. The van der Waals surface area contributed by atoms with Crippen LogP contribution in [0.25, 0.3) is 22.0 Å². The second-order valence-electron chi connectivity index (χ2n) is 16.0. The number of pyridine rings is 1. The second-order valence-corrected chi connectivity index (χ2v) is 16.0. The van der Waals surface area contributed by atoms with Crippen molar-refractivity contribution in [2.75, 3.05) is 0 Å². The number of amides is 1. The van der Waals surface area contributed by atoms with E-state index in [1.807, 2.05) is 0 Å². The molecule has 3 aliphatic rings. The summed E-state index contributed by atoms with van der Waals surface area (Å²) in [4.78, 5) is 31.7. The summed E-state index contributed by atoms with van der Waals surface area (Å²) in [5.74, 6) is -4.29. The average Bonchev–Trinajstić information content (AvgIpc) is 4.03. The first-order valence-corrected chi connectivity index (χ1v) is 18.8. The van der Waals surface area contributed by atoms with E-state index < -0.39 is 82.8 Å². The molecule has 2 aromatic carbocycles. The Labute approximate surface area is 327 Å². The topological polar surface area (TPSA) is 115 Å². The van der Waals surface area contributed by atoms with Crippen LogP contribution < -0.4 is 5.32 Å². The summed E-state index contributed by atoms with van der Waals surface area (Å²) < 4.78 is 104. The zero-order valence-corrected chi connectivity index (χ0v) is 31.5. The van der Waals surface area contributed by atoms with Crippen molar-refractivity contribution in [3.8, 4) is 23.0 Å². The van der Waals surface area contributed by atoms with Crippen molar-refractivity contribution < 1.29 is 45.4 Å². The predicted molar refractivity (Wildman–Crippen MR) is 196 cm³/mol. The van der Waals surface area contributed by atoms with Gasteiger partial charge in [0.2, 0.25) is 5.91 Å². The molecular weight excluding hydrogens is 769 g/mol. The summed E-state index contributed by atoms with van der Waals surface area (Å²) in [5, 5.41) is 22.1. The van der Waals surface area contributed by atoms with Crippen LogP contribution in [-0.4, -0.2) is 53.0 Å². The number of aryl methyl sites for hydroxylation is 1. The van der Waals surface area contributed by atoms with Crippen LogP contribution >= 0.6 is 0 Å². The molecule has 0 spiro atoms. The Balaban J connectivity index is 1.24. The fraction of sp³-hybridized carbons (Fsp3) is 0.405. The third kappa shape index (κ3) is 7.71. The minimum absolute atomic E-state index is 0.00383. The Morgan fingerprint density at radius 2 is 1.76 bits per heavy atom. The van der Waals surface area contributed by atoms with Crippen molar-refractivity contribution in [1.29, 1.82) is 0 Å². The summed E-state index contributed by atoms with van der Waals surface area (Å²) in [6.07, 6.45) is -4.08. The van der Waals surface area contributed by atoms with Crippen molar-refractivity contribution in [3.63, 3.8) is 0 Å². The molecule has 58 heavy (non-hydrogen) atoms. The number of aromatic nitrogens is 5.